The van der Waals surface area contributed by atoms with Crippen LogP contribution in [-0.2, 0) is 9.59 Å². The molecule has 1 aromatic heterocycles. The van der Waals surface area contributed by atoms with Gasteiger partial charge in [0.15, 0.2) is 5.13 Å². The molecule has 1 fully saturated rings. The van der Waals surface area contributed by atoms with Crippen LogP contribution in [-0.4, -0.2) is 22.7 Å². The fourth-order valence-corrected chi connectivity index (χ4v) is 3.72. The Morgan fingerprint density at radius 2 is 1.79 bits per heavy atom. The first-order valence-corrected chi connectivity index (χ1v) is 9.69. The largest absolute Gasteiger partial charge is 0.298 e. The standard InChI is InChI=1S/C21H17N3O3S/c1-13-5-7-14(8-6-13)17-12-28-21(22-17)23-20(27)15-3-2-4-16(11-15)24-18(25)9-10-19(24)26/h2-8,11-12H,9-10H2,1H3,(H,22,23,27). The minimum absolute atomic E-state index is 0.205. The van der Waals surface area contributed by atoms with Gasteiger partial charge in [-0.3, -0.25) is 24.6 Å². The lowest BCUT2D eigenvalue weighted by molar-refractivity contribution is -0.121. The molecule has 6 nitrogen and oxygen atoms in total. The van der Waals surface area contributed by atoms with Gasteiger partial charge in [-0.25, -0.2) is 4.98 Å². The van der Waals surface area contributed by atoms with Gasteiger partial charge in [-0.1, -0.05) is 35.9 Å². The minimum atomic E-state index is -0.342. The average molecular weight is 391 g/mol. The molecule has 140 valence electrons. The van der Waals surface area contributed by atoms with Crippen LogP contribution in [0.4, 0.5) is 10.8 Å². The molecule has 4 rings (SSSR count). The number of anilines is 2. The van der Waals surface area contributed by atoms with Crippen LogP contribution in [0.1, 0.15) is 28.8 Å². The molecule has 2 heterocycles. The number of hydrogen-bond donors (Lipinski definition) is 1. The van der Waals surface area contributed by atoms with Gasteiger partial charge < -0.3 is 0 Å². The Labute approximate surface area is 165 Å². The molecule has 3 amide bonds. The van der Waals surface area contributed by atoms with Crippen molar-refractivity contribution >= 4 is 39.9 Å². The maximum absolute atomic E-state index is 12.6. The zero-order chi connectivity index (χ0) is 19.7. The molecule has 0 radical (unpaired) electrons. The Morgan fingerprint density at radius 3 is 2.50 bits per heavy atom. The summed E-state index contributed by atoms with van der Waals surface area (Å²) in [6.07, 6.45) is 0.409. The highest BCUT2D eigenvalue weighted by atomic mass is 32.1. The number of aryl methyl sites for hydroxylation is 1. The predicted molar refractivity (Wildman–Crippen MR) is 108 cm³/mol. The quantitative estimate of drug-likeness (QED) is 0.681. The number of aromatic nitrogens is 1. The van der Waals surface area contributed by atoms with Gasteiger partial charge in [-0.2, -0.15) is 0 Å². The van der Waals surface area contributed by atoms with Crippen LogP contribution in [0.15, 0.2) is 53.9 Å². The number of amides is 3. The van der Waals surface area contributed by atoms with Crippen LogP contribution in [0.5, 0.6) is 0 Å². The lowest BCUT2D eigenvalue weighted by atomic mass is 10.1. The molecule has 28 heavy (non-hydrogen) atoms. The van der Waals surface area contributed by atoms with Crippen molar-refractivity contribution in [3.8, 4) is 11.3 Å². The van der Waals surface area contributed by atoms with E-state index in [1.54, 1.807) is 24.3 Å². The first kappa shape index (κ1) is 18.1. The summed E-state index contributed by atoms with van der Waals surface area (Å²) in [5, 5.41) is 5.15. The van der Waals surface area contributed by atoms with Gasteiger partial charge in [0, 0.05) is 29.3 Å². The second-order valence-corrected chi connectivity index (χ2v) is 7.39. The molecule has 1 N–H and O–H groups in total. The molecule has 0 bridgehead atoms. The van der Waals surface area contributed by atoms with Crippen LogP contribution in [0.3, 0.4) is 0 Å². The van der Waals surface area contributed by atoms with E-state index in [0.29, 0.717) is 16.4 Å². The van der Waals surface area contributed by atoms with Gasteiger partial charge in [0.25, 0.3) is 5.91 Å². The Bertz CT molecular complexity index is 1060. The topological polar surface area (TPSA) is 79.4 Å². The second-order valence-electron chi connectivity index (χ2n) is 6.53. The Kier molecular flexibility index (Phi) is 4.75. The van der Waals surface area contributed by atoms with E-state index in [4.69, 9.17) is 0 Å². The molecule has 3 aromatic rings. The smallest absolute Gasteiger partial charge is 0.257 e. The van der Waals surface area contributed by atoms with E-state index in [-0.39, 0.29) is 30.6 Å². The number of carbonyl (C=O) groups excluding carboxylic acids is 3. The maximum atomic E-state index is 12.6. The number of hydrogen-bond acceptors (Lipinski definition) is 5. The molecule has 1 aliphatic rings. The van der Waals surface area contributed by atoms with Crippen LogP contribution in [0.2, 0.25) is 0 Å². The highest BCUT2D eigenvalue weighted by Gasteiger charge is 2.30. The van der Waals surface area contributed by atoms with Crippen LogP contribution in [0, 0.1) is 6.92 Å². The van der Waals surface area contributed by atoms with Gasteiger partial charge in [0.05, 0.1) is 11.4 Å². The summed E-state index contributed by atoms with van der Waals surface area (Å²) in [7, 11) is 0. The van der Waals surface area contributed by atoms with Crippen molar-refractivity contribution in [2.24, 2.45) is 0 Å². The summed E-state index contributed by atoms with van der Waals surface area (Å²) in [5.74, 6) is -0.832. The molecule has 0 atom stereocenters. The SMILES string of the molecule is Cc1ccc(-c2csc(NC(=O)c3cccc(N4C(=O)CCC4=O)c3)n2)cc1. The third kappa shape index (κ3) is 3.57. The van der Waals surface area contributed by atoms with Gasteiger partial charge in [-0.05, 0) is 25.1 Å². The maximum Gasteiger partial charge on any atom is 0.257 e. The zero-order valence-electron chi connectivity index (χ0n) is 15.1. The number of benzene rings is 2. The first-order chi connectivity index (χ1) is 13.5. The van der Waals surface area contributed by atoms with Gasteiger partial charge >= 0.3 is 0 Å². The van der Waals surface area contributed by atoms with E-state index in [0.717, 1.165) is 16.2 Å². The number of rotatable bonds is 4. The average Bonchev–Trinajstić information content (AvgIpc) is 3.29. The summed E-state index contributed by atoms with van der Waals surface area (Å²) in [6.45, 7) is 2.02. The van der Waals surface area contributed by atoms with E-state index >= 15 is 0 Å². The van der Waals surface area contributed by atoms with Crippen LogP contribution >= 0.6 is 11.3 Å². The summed E-state index contributed by atoms with van der Waals surface area (Å²) in [5.41, 5.74) is 3.72. The molecule has 0 spiro atoms. The Morgan fingerprint density at radius 1 is 1.07 bits per heavy atom. The van der Waals surface area contributed by atoms with Crippen molar-refractivity contribution in [2.45, 2.75) is 19.8 Å². The third-order valence-electron chi connectivity index (χ3n) is 4.49. The Balaban J connectivity index is 1.51. The minimum Gasteiger partial charge on any atom is -0.298 e. The third-order valence-corrected chi connectivity index (χ3v) is 5.25. The highest BCUT2D eigenvalue weighted by molar-refractivity contribution is 7.14. The number of nitrogens with one attached hydrogen (secondary N) is 1. The summed E-state index contributed by atoms with van der Waals surface area (Å²) in [6, 6.07) is 14.5. The molecule has 7 heteroatoms. The summed E-state index contributed by atoms with van der Waals surface area (Å²) in [4.78, 5) is 42.0. The molecular formula is C21H17N3O3S. The fourth-order valence-electron chi connectivity index (χ4n) is 3.01. The molecule has 1 aliphatic heterocycles. The molecule has 0 saturated carbocycles. The van der Waals surface area contributed by atoms with Crippen molar-refractivity contribution in [1.82, 2.24) is 4.98 Å². The van der Waals surface area contributed by atoms with Crippen molar-refractivity contribution < 1.29 is 14.4 Å². The van der Waals surface area contributed by atoms with Crippen molar-refractivity contribution in [1.29, 1.82) is 0 Å². The lowest BCUT2D eigenvalue weighted by Gasteiger charge is -2.14. The first-order valence-electron chi connectivity index (χ1n) is 8.81. The predicted octanol–water partition coefficient (Wildman–Crippen LogP) is 4.02. The number of imide groups is 1. The highest BCUT2D eigenvalue weighted by Crippen LogP contribution is 2.27. The van der Waals surface area contributed by atoms with Crippen molar-refractivity contribution in [3.05, 3.63) is 65.0 Å². The monoisotopic (exact) mass is 391 g/mol. The van der Waals surface area contributed by atoms with E-state index in [1.807, 2.05) is 36.6 Å². The molecule has 2 aromatic carbocycles. The van der Waals surface area contributed by atoms with E-state index < -0.39 is 0 Å². The van der Waals surface area contributed by atoms with Crippen molar-refractivity contribution in [2.75, 3.05) is 10.2 Å². The van der Waals surface area contributed by atoms with Gasteiger partial charge in [0.1, 0.15) is 0 Å². The lowest BCUT2D eigenvalue weighted by Crippen LogP contribution is -2.28. The van der Waals surface area contributed by atoms with Crippen molar-refractivity contribution in [3.63, 3.8) is 0 Å². The molecular weight excluding hydrogens is 374 g/mol. The number of nitrogens with zero attached hydrogens (tertiary/aromatic N) is 2. The van der Waals surface area contributed by atoms with E-state index in [2.05, 4.69) is 10.3 Å². The van der Waals surface area contributed by atoms with E-state index in [9.17, 15) is 14.4 Å². The molecule has 0 unspecified atom stereocenters. The zero-order valence-corrected chi connectivity index (χ0v) is 16.0. The Hall–Kier alpha value is -3.32. The van der Waals surface area contributed by atoms with Crippen LogP contribution in [0.25, 0.3) is 11.3 Å². The summed E-state index contributed by atoms with van der Waals surface area (Å²) < 4.78 is 0. The van der Waals surface area contributed by atoms with E-state index in [1.165, 1.54) is 16.9 Å². The fraction of sp³-hybridized carbons (Fsp3) is 0.143. The summed E-state index contributed by atoms with van der Waals surface area (Å²) >= 11 is 1.34. The molecule has 0 aliphatic carbocycles. The normalized spacial score (nSPS) is 13.8. The number of carbonyl (C=O) groups is 3. The number of thiazole rings is 1. The van der Waals surface area contributed by atoms with Crippen LogP contribution < -0.4 is 10.2 Å². The molecule has 1 saturated heterocycles. The van der Waals surface area contributed by atoms with Gasteiger partial charge in [-0.15, -0.1) is 11.3 Å². The van der Waals surface area contributed by atoms with Gasteiger partial charge in [0.2, 0.25) is 11.8 Å². The second kappa shape index (κ2) is 7.36.